The predicted octanol–water partition coefficient (Wildman–Crippen LogP) is 3.76. The third kappa shape index (κ3) is 9.69. The molecule has 0 spiro atoms. The average Bonchev–Trinajstić information content (AvgIpc) is 3.73. The highest BCUT2D eigenvalue weighted by molar-refractivity contribution is 9.09. The molecule has 6 aliphatic carbocycles. The smallest absolute Gasteiger partial charge is 0.470 e. The van der Waals surface area contributed by atoms with E-state index in [1.54, 1.807) is 12.2 Å². The zero-order valence-corrected chi connectivity index (χ0v) is 38.3. The summed E-state index contributed by atoms with van der Waals surface area (Å²) in [6.45, 7) is 2.52. The number of halogens is 2. The van der Waals surface area contributed by atoms with Crippen LogP contribution in [0.5, 0.6) is 0 Å². The van der Waals surface area contributed by atoms with Crippen LogP contribution in [-0.4, -0.2) is 110 Å². The molecule has 0 aromatic rings. The molecular formula is C44H58BrFN3O14P. The van der Waals surface area contributed by atoms with E-state index in [-0.39, 0.29) is 84.5 Å². The fraction of sp³-hybridized carbons (Fsp3) is 0.682. The van der Waals surface area contributed by atoms with E-state index < -0.39 is 90.7 Å². The molecule has 1 aliphatic heterocycles. The summed E-state index contributed by atoms with van der Waals surface area (Å²) in [5.74, 6) is -4.60. The van der Waals surface area contributed by atoms with Gasteiger partial charge in [0.2, 0.25) is 17.7 Å². The van der Waals surface area contributed by atoms with E-state index >= 15 is 4.39 Å². The third-order valence-corrected chi connectivity index (χ3v) is 16.2. The first-order valence-electron chi connectivity index (χ1n) is 22.1. The lowest BCUT2D eigenvalue weighted by Crippen LogP contribution is -2.63. The second-order valence-corrected chi connectivity index (χ2v) is 20.9. The monoisotopic (exact) mass is 981 g/mol. The second-order valence-electron chi connectivity index (χ2n) is 19.1. The molecule has 4 saturated carbocycles. The summed E-state index contributed by atoms with van der Waals surface area (Å²) in [7, 11) is -5.08. The van der Waals surface area contributed by atoms with Crippen LogP contribution in [0, 0.1) is 40.4 Å². The summed E-state index contributed by atoms with van der Waals surface area (Å²) in [5, 5.41) is 29.0. The number of phosphoric ester groups is 1. The number of hydrogen-bond donors (Lipinski definition) is 7. The molecule has 5 fully saturated rings. The molecule has 3 unspecified atom stereocenters. The summed E-state index contributed by atoms with van der Waals surface area (Å²) in [4.78, 5) is 94.1. The number of carbonyl (C=O) groups excluding carboxylic acids is 5. The van der Waals surface area contributed by atoms with Gasteiger partial charge in [-0.25, -0.2) is 8.96 Å². The van der Waals surface area contributed by atoms with E-state index in [2.05, 4.69) is 31.9 Å². The van der Waals surface area contributed by atoms with Crippen molar-refractivity contribution in [1.82, 2.24) is 16.0 Å². The Bertz CT molecular complexity index is 2080. The van der Waals surface area contributed by atoms with Crippen molar-refractivity contribution in [3.05, 3.63) is 47.4 Å². The number of Topliss-reactive ketones (excluding diaryl/α,β-unsaturated/α-hetero) is 1. The van der Waals surface area contributed by atoms with E-state index in [0.717, 1.165) is 18.4 Å². The number of aliphatic hydroxyl groups excluding tert-OH is 1. The van der Waals surface area contributed by atoms with Crippen molar-refractivity contribution >= 4 is 59.0 Å². The van der Waals surface area contributed by atoms with Crippen molar-refractivity contribution in [2.75, 3.05) is 18.5 Å². The van der Waals surface area contributed by atoms with Crippen LogP contribution in [0.25, 0.3) is 0 Å². The van der Waals surface area contributed by atoms with Gasteiger partial charge in [0.05, 0.1) is 24.1 Å². The molecule has 3 amide bonds. The molecule has 7 N–H and O–H groups in total. The maximum absolute atomic E-state index is 16.3. The van der Waals surface area contributed by atoms with Gasteiger partial charge in [-0.15, -0.1) is 0 Å². The standard InChI is InChI=1S/C44H58BrFN3O14P/c1-42-14-13-27(50)17-25(42)6-10-28-30-18-35-44(34(52)22-61-64(58,59)60,43(30,2)19-33(51)39(28)42)63-41(62-35)29-9-5-24(16-31(29)46)15-23-3-7-26(8-4-23)48-40(57)32(11-12-38(55)56)49-37(54)21-47-36(53)20-45/h5,9,13-14,17,23-24,26,28,30,32-33,35,39,41,51H,3-4,6-8,10-12,15-16,18-22H2,1-2H3,(H,47,53)(H,48,57)(H,49,54)(H,55,56)(H2,58,59,60)/t23?,24?,26?,28-,30?,32-,33-,35+,39?,41+,42-,43-,44+/m0/s1. The number of amides is 3. The lowest BCUT2D eigenvalue weighted by atomic mass is 9.46. The van der Waals surface area contributed by atoms with Crippen LogP contribution in [0.2, 0.25) is 0 Å². The first-order chi connectivity index (χ1) is 30.2. The highest BCUT2D eigenvalue weighted by atomic mass is 79.9. The molecule has 7 aliphatic rings. The number of carbonyl (C=O) groups is 6. The number of aliphatic hydroxyl groups is 1. The number of ether oxygens (including phenoxy) is 2. The summed E-state index contributed by atoms with van der Waals surface area (Å²) in [6, 6.07) is -1.32. The van der Waals surface area contributed by atoms with E-state index in [0.29, 0.717) is 38.5 Å². The Morgan fingerprint density at radius 1 is 1.08 bits per heavy atom. The van der Waals surface area contributed by atoms with Gasteiger partial charge < -0.3 is 45.4 Å². The maximum Gasteiger partial charge on any atom is 0.470 e. The minimum atomic E-state index is -5.08. The minimum Gasteiger partial charge on any atom is -0.481 e. The number of phosphoric acid groups is 1. The van der Waals surface area contributed by atoms with Crippen LogP contribution in [0.1, 0.15) is 90.9 Å². The first-order valence-corrected chi connectivity index (χ1v) is 24.7. The van der Waals surface area contributed by atoms with Crippen molar-refractivity contribution in [3.8, 4) is 0 Å². The summed E-state index contributed by atoms with van der Waals surface area (Å²) in [6.07, 6.45) is 9.96. The molecular weight excluding hydrogens is 924 g/mol. The maximum atomic E-state index is 16.3. The molecule has 352 valence electrons. The number of ketones is 2. The zero-order valence-electron chi connectivity index (χ0n) is 35.8. The molecule has 1 heterocycles. The van der Waals surface area contributed by atoms with E-state index in [9.17, 15) is 53.3 Å². The number of carboxylic acids is 1. The van der Waals surface area contributed by atoms with Crippen molar-refractivity contribution in [2.24, 2.45) is 40.4 Å². The Labute approximate surface area is 378 Å². The van der Waals surface area contributed by atoms with Crippen LogP contribution in [0.4, 0.5) is 4.39 Å². The normalized spacial score (nSPS) is 37.1. The Kier molecular flexibility index (Phi) is 14.4. The van der Waals surface area contributed by atoms with E-state index in [1.807, 2.05) is 26.0 Å². The minimum absolute atomic E-state index is 0.00724. The van der Waals surface area contributed by atoms with Gasteiger partial charge in [0.1, 0.15) is 18.5 Å². The van der Waals surface area contributed by atoms with Crippen LogP contribution in [0.15, 0.2) is 47.4 Å². The number of fused-ring (bicyclic) bond motifs is 7. The Balaban J connectivity index is 0.985. The van der Waals surface area contributed by atoms with Crippen LogP contribution < -0.4 is 16.0 Å². The average molecular weight is 983 g/mol. The van der Waals surface area contributed by atoms with Crippen molar-refractivity contribution in [1.29, 1.82) is 0 Å². The van der Waals surface area contributed by atoms with Crippen LogP contribution in [-0.2, 0) is 47.3 Å². The highest BCUT2D eigenvalue weighted by Gasteiger charge is 2.76. The third-order valence-electron chi connectivity index (χ3n) is 15.3. The van der Waals surface area contributed by atoms with Gasteiger partial charge in [0.25, 0.3) is 0 Å². The molecule has 1 saturated heterocycles. The molecule has 0 bridgehead atoms. The summed E-state index contributed by atoms with van der Waals surface area (Å²) in [5.41, 5.74) is -2.43. The van der Waals surface area contributed by atoms with Gasteiger partial charge in [-0.3, -0.25) is 33.3 Å². The summed E-state index contributed by atoms with van der Waals surface area (Å²) < 4.78 is 46.0. The SMILES string of the molecule is C[C@]12C=CC(=O)C=C1CC[C@@H]1C2[C@@H](O)C[C@@]2(C)C1C[C@H]1O[C@@H](C3=C(F)CC(CC4CCC(NC(=O)[C@H](CCC(=O)O)NC(=O)CNC(=O)CBr)CC4)C=C3)O[C@]12C(=O)COP(=O)(O)O. The largest absolute Gasteiger partial charge is 0.481 e. The Morgan fingerprint density at radius 2 is 1.81 bits per heavy atom. The van der Waals surface area contributed by atoms with Gasteiger partial charge >= 0.3 is 13.8 Å². The van der Waals surface area contributed by atoms with Gasteiger partial charge in [-0.05, 0) is 100 Å². The first kappa shape index (κ1) is 48.5. The predicted molar refractivity (Wildman–Crippen MR) is 228 cm³/mol. The number of carboxylic acid groups (broad SMARTS) is 1. The van der Waals surface area contributed by atoms with Gasteiger partial charge in [-0.2, -0.15) is 0 Å². The van der Waals surface area contributed by atoms with E-state index in [1.165, 1.54) is 6.08 Å². The fourth-order valence-electron chi connectivity index (χ4n) is 12.4. The molecule has 64 heavy (non-hydrogen) atoms. The summed E-state index contributed by atoms with van der Waals surface area (Å²) >= 11 is 2.99. The van der Waals surface area contributed by atoms with E-state index in [4.69, 9.17) is 14.0 Å². The second kappa shape index (κ2) is 19.1. The number of aliphatic carboxylic acids is 1. The van der Waals surface area contributed by atoms with Crippen LogP contribution in [0.3, 0.4) is 0 Å². The van der Waals surface area contributed by atoms with Crippen molar-refractivity contribution in [3.63, 3.8) is 0 Å². The lowest BCUT2D eigenvalue weighted by Gasteiger charge is -2.59. The topological polar surface area (TPSA) is 264 Å². The molecule has 20 heteroatoms. The van der Waals surface area contributed by atoms with Crippen molar-refractivity contribution in [2.45, 2.75) is 127 Å². The van der Waals surface area contributed by atoms with Gasteiger partial charge in [0.15, 0.2) is 23.5 Å². The van der Waals surface area contributed by atoms with Gasteiger partial charge in [0, 0.05) is 41.2 Å². The molecule has 7 rings (SSSR count). The fourth-order valence-corrected chi connectivity index (χ4v) is 12.8. The van der Waals surface area contributed by atoms with Crippen LogP contribution >= 0.6 is 23.8 Å². The number of allylic oxidation sites excluding steroid dienone is 6. The zero-order chi connectivity index (χ0) is 46.4. The highest BCUT2D eigenvalue weighted by Crippen LogP contribution is 2.70. The quantitative estimate of drug-likeness (QED) is 0.0859. The Morgan fingerprint density at radius 3 is 2.48 bits per heavy atom. The van der Waals surface area contributed by atoms with Gasteiger partial charge in [-0.1, -0.05) is 53.6 Å². The number of alkyl halides is 1. The Hall–Kier alpha value is -3.42. The number of hydrogen-bond acceptors (Lipinski definition) is 11. The molecule has 11 atom stereocenters. The molecule has 17 nitrogen and oxygen atoms in total. The molecule has 0 aromatic carbocycles. The number of rotatable bonds is 16. The van der Waals surface area contributed by atoms with Crippen molar-refractivity contribution < 1.29 is 71.7 Å². The lowest BCUT2D eigenvalue weighted by molar-refractivity contribution is -0.194. The number of nitrogens with one attached hydrogen (secondary N) is 3. The molecule has 0 radical (unpaired) electrons. The molecule has 0 aromatic heterocycles.